The molecular weight excluding hydrogens is 390 g/mol. The molecule has 0 N–H and O–H groups in total. The molecule has 158 valence electrons. The third-order valence-electron chi connectivity index (χ3n) is 5.73. The molecule has 2 aliphatic rings. The predicted molar refractivity (Wildman–Crippen MR) is 112 cm³/mol. The number of aromatic nitrogens is 1. The van der Waals surface area contributed by atoms with Crippen molar-refractivity contribution in [2.24, 2.45) is 0 Å². The van der Waals surface area contributed by atoms with Crippen LogP contribution in [0, 0.1) is 6.92 Å². The maximum Gasteiger partial charge on any atom is 0.282 e. The number of likely N-dealkylation sites (N-methyl/N-ethyl adjacent to an activating group) is 1. The van der Waals surface area contributed by atoms with Crippen LogP contribution in [0.4, 0.5) is 0 Å². The normalized spacial score (nSPS) is 20.9. The van der Waals surface area contributed by atoms with E-state index in [4.69, 9.17) is 4.52 Å². The highest BCUT2D eigenvalue weighted by Gasteiger charge is 2.33. The first-order chi connectivity index (χ1) is 13.9. The van der Waals surface area contributed by atoms with E-state index in [0.717, 1.165) is 30.1 Å². The van der Waals surface area contributed by atoms with Crippen LogP contribution in [-0.4, -0.2) is 91.4 Å². The standard InChI is InChI=1S/C20H29N5O3S/c1-17-3-5-18(6-4-17)20-15-19(28-21-20)16-23-9-13-25(14-10-23)29(26,27)24-11-7-22(2)8-12-24/h3-6,15H,7-14,16H2,1-2H3. The lowest BCUT2D eigenvalue weighted by molar-refractivity contribution is 0.154. The topological polar surface area (TPSA) is 73.1 Å². The molecular formula is C20H29N5O3S. The number of piperazine rings is 2. The van der Waals surface area contributed by atoms with Gasteiger partial charge in [0, 0.05) is 64.0 Å². The number of benzene rings is 1. The zero-order valence-electron chi connectivity index (χ0n) is 17.1. The van der Waals surface area contributed by atoms with E-state index in [-0.39, 0.29) is 0 Å². The second kappa shape index (κ2) is 8.53. The summed E-state index contributed by atoms with van der Waals surface area (Å²) in [6.45, 7) is 7.80. The van der Waals surface area contributed by atoms with Crippen LogP contribution >= 0.6 is 0 Å². The lowest BCUT2D eigenvalue weighted by Gasteiger charge is -2.38. The number of hydrogen-bond donors (Lipinski definition) is 0. The lowest BCUT2D eigenvalue weighted by Crippen LogP contribution is -2.56. The smallest absolute Gasteiger partial charge is 0.282 e. The zero-order valence-corrected chi connectivity index (χ0v) is 17.9. The van der Waals surface area contributed by atoms with E-state index in [0.29, 0.717) is 45.8 Å². The third kappa shape index (κ3) is 4.70. The molecule has 1 aromatic carbocycles. The highest BCUT2D eigenvalue weighted by atomic mass is 32.2. The molecule has 4 rings (SSSR count). The Labute approximate surface area is 172 Å². The fourth-order valence-corrected chi connectivity index (χ4v) is 5.34. The van der Waals surface area contributed by atoms with Crippen LogP contribution in [0.2, 0.25) is 0 Å². The number of nitrogens with zero attached hydrogens (tertiary/aromatic N) is 5. The first-order valence-corrected chi connectivity index (χ1v) is 11.5. The van der Waals surface area contributed by atoms with Gasteiger partial charge in [-0.15, -0.1) is 0 Å². The Bertz CT molecular complexity index is 912. The van der Waals surface area contributed by atoms with Crippen LogP contribution in [0.15, 0.2) is 34.9 Å². The van der Waals surface area contributed by atoms with Crippen LogP contribution in [0.3, 0.4) is 0 Å². The molecule has 2 saturated heterocycles. The molecule has 0 bridgehead atoms. The van der Waals surface area contributed by atoms with Gasteiger partial charge < -0.3 is 9.42 Å². The van der Waals surface area contributed by atoms with Gasteiger partial charge in [-0.1, -0.05) is 35.0 Å². The van der Waals surface area contributed by atoms with E-state index in [1.54, 1.807) is 8.61 Å². The fraction of sp³-hybridized carbons (Fsp3) is 0.550. The zero-order chi connectivity index (χ0) is 20.4. The average molecular weight is 420 g/mol. The van der Waals surface area contributed by atoms with Gasteiger partial charge in [-0.25, -0.2) is 0 Å². The van der Waals surface area contributed by atoms with Crippen molar-refractivity contribution in [2.45, 2.75) is 13.5 Å². The van der Waals surface area contributed by atoms with Gasteiger partial charge in [0.05, 0.1) is 6.54 Å². The van der Waals surface area contributed by atoms with Gasteiger partial charge in [-0.05, 0) is 14.0 Å². The van der Waals surface area contributed by atoms with Crippen molar-refractivity contribution in [3.8, 4) is 11.3 Å². The maximum absolute atomic E-state index is 12.9. The maximum atomic E-state index is 12.9. The third-order valence-corrected chi connectivity index (χ3v) is 7.77. The van der Waals surface area contributed by atoms with Crippen LogP contribution in [0.5, 0.6) is 0 Å². The summed E-state index contributed by atoms with van der Waals surface area (Å²) in [5.74, 6) is 0.802. The molecule has 3 heterocycles. The quantitative estimate of drug-likeness (QED) is 0.727. The van der Waals surface area contributed by atoms with Crippen molar-refractivity contribution in [1.82, 2.24) is 23.6 Å². The Morgan fingerprint density at radius 3 is 2.14 bits per heavy atom. The second-order valence-electron chi connectivity index (χ2n) is 7.93. The van der Waals surface area contributed by atoms with Crippen LogP contribution in [0.25, 0.3) is 11.3 Å². The highest BCUT2D eigenvalue weighted by molar-refractivity contribution is 7.86. The molecule has 8 nitrogen and oxygen atoms in total. The summed E-state index contributed by atoms with van der Waals surface area (Å²) in [4.78, 5) is 4.38. The summed E-state index contributed by atoms with van der Waals surface area (Å²) in [6.07, 6.45) is 0. The Hall–Kier alpha value is -1.78. The summed E-state index contributed by atoms with van der Waals surface area (Å²) in [5.41, 5.74) is 3.08. The average Bonchev–Trinajstić information content (AvgIpc) is 3.18. The van der Waals surface area contributed by atoms with Crippen LogP contribution in [-0.2, 0) is 16.8 Å². The van der Waals surface area contributed by atoms with Crippen LogP contribution in [0.1, 0.15) is 11.3 Å². The molecule has 0 aliphatic carbocycles. The SMILES string of the molecule is Cc1ccc(-c2cc(CN3CCN(S(=O)(=O)N4CCN(C)CC4)CC3)on2)cc1. The van der Waals surface area contributed by atoms with Gasteiger partial charge in [0.2, 0.25) is 0 Å². The molecule has 2 fully saturated rings. The lowest BCUT2D eigenvalue weighted by atomic mass is 10.1. The minimum absolute atomic E-state index is 0.508. The van der Waals surface area contributed by atoms with Gasteiger partial charge in [0.25, 0.3) is 10.2 Å². The molecule has 0 amide bonds. The van der Waals surface area contributed by atoms with Crippen LogP contribution < -0.4 is 0 Å². The first kappa shape index (κ1) is 20.5. The predicted octanol–water partition coefficient (Wildman–Crippen LogP) is 1.26. The minimum Gasteiger partial charge on any atom is -0.359 e. The minimum atomic E-state index is -3.36. The summed E-state index contributed by atoms with van der Waals surface area (Å²) in [7, 11) is -1.34. The molecule has 0 spiro atoms. The summed E-state index contributed by atoms with van der Waals surface area (Å²) >= 11 is 0. The van der Waals surface area contributed by atoms with Gasteiger partial charge in [0.1, 0.15) is 5.69 Å². The first-order valence-electron chi connectivity index (χ1n) is 10.1. The molecule has 0 radical (unpaired) electrons. The fourth-order valence-electron chi connectivity index (χ4n) is 3.77. The van der Waals surface area contributed by atoms with E-state index in [9.17, 15) is 8.42 Å². The highest BCUT2D eigenvalue weighted by Crippen LogP contribution is 2.21. The second-order valence-corrected chi connectivity index (χ2v) is 9.86. The van der Waals surface area contributed by atoms with Gasteiger partial charge in [0.15, 0.2) is 5.76 Å². The number of aryl methyl sites for hydroxylation is 1. The molecule has 0 atom stereocenters. The van der Waals surface area contributed by atoms with Crippen molar-refractivity contribution >= 4 is 10.2 Å². The molecule has 0 unspecified atom stereocenters. The van der Waals surface area contributed by atoms with Crippen molar-refractivity contribution in [2.75, 3.05) is 59.4 Å². The van der Waals surface area contributed by atoms with Gasteiger partial charge in [-0.3, -0.25) is 4.90 Å². The Morgan fingerprint density at radius 2 is 1.52 bits per heavy atom. The molecule has 2 aromatic rings. The summed E-state index contributed by atoms with van der Waals surface area (Å²) in [6, 6.07) is 10.2. The van der Waals surface area contributed by atoms with E-state index < -0.39 is 10.2 Å². The van der Waals surface area contributed by atoms with Crippen molar-refractivity contribution in [1.29, 1.82) is 0 Å². The monoisotopic (exact) mass is 419 g/mol. The van der Waals surface area contributed by atoms with Crippen molar-refractivity contribution in [3.63, 3.8) is 0 Å². The van der Waals surface area contributed by atoms with E-state index in [1.165, 1.54) is 5.56 Å². The Morgan fingerprint density at radius 1 is 0.931 bits per heavy atom. The molecule has 9 heteroatoms. The largest absolute Gasteiger partial charge is 0.359 e. The van der Waals surface area contributed by atoms with E-state index in [1.807, 2.05) is 25.2 Å². The van der Waals surface area contributed by atoms with E-state index in [2.05, 4.69) is 34.0 Å². The Balaban J connectivity index is 1.32. The van der Waals surface area contributed by atoms with Crippen molar-refractivity contribution < 1.29 is 12.9 Å². The van der Waals surface area contributed by atoms with Gasteiger partial charge >= 0.3 is 0 Å². The summed E-state index contributed by atoms with van der Waals surface area (Å²) < 4.78 is 34.5. The molecule has 29 heavy (non-hydrogen) atoms. The Kier molecular flexibility index (Phi) is 6.03. The molecule has 0 saturated carbocycles. The van der Waals surface area contributed by atoms with Gasteiger partial charge in [-0.2, -0.15) is 17.0 Å². The van der Waals surface area contributed by atoms with E-state index >= 15 is 0 Å². The number of rotatable bonds is 5. The summed E-state index contributed by atoms with van der Waals surface area (Å²) in [5, 5.41) is 4.18. The molecule has 2 aliphatic heterocycles. The number of hydrogen-bond acceptors (Lipinski definition) is 6. The molecule has 1 aromatic heterocycles. The van der Waals surface area contributed by atoms with Crippen molar-refractivity contribution in [3.05, 3.63) is 41.7 Å².